The number of ether oxygens (including phenoxy) is 3. The van der Waals surface area contributed by atoms with Crippen LogP contribution in [0.5, 0.6) is 17.4 Å². The van der Waals surface area contributed by atoms with Crippen molar-refractivity contribution in [2.45, 2.75) is 20.0 Å². The van der Waals surface area contributed by atoms with Gasteiger partial charge in [0.05, 0.1) is 23.8 Å². The Hall–Kier alpha value is -3.76. The van der Waals surface area contributed by atoms with Gasteiger partial charge in [0.25, 0.3) is 5.88 Å². The zero-order chi connectivity index (χ0) is 20.8. The third-order valence-electron chi connectivity index (χ3n) is 3.33. The summed E-state index contributed by atoms with van der Waals surface area (Å²) in [5, 5.41) is 13.5. The van der Waals surface area contributed by atoms with Crippen molar-refractivity contribution >= 4 is 23.3 Å². The van der Waals surface area contributed by atoms with E-state index in [1.165, 1.54) is 32.4 Å². The first-order valence-electron chi connectivity index (χ1n) is 7.85. The van der Waals surface area contributed by atoms with Crippen LogP contribution in [0.1, 0.15) is 13.8 Å². The lowest BCUT2D eigenvalue weighted by Crippen LogP contribution is -2.25. The maximum Gasteiger partial charge on any atom is 0.346 e. The normalized spacial score (nSPS) is 11.3. The highest BCUT2D eigenvalue weighted by atomic mass is 19.1. The van der Waals surface area contributed by atoms with Crippen molar-refractivity contribution in [3.8, 4) is 17.4 Å². The molecule has 0 fully saturated rings. The molecule has 0 saturated heterocycles. The van der Waals surface area contributed by atoms with Crippen LogP contribution in [0.25, 0.3) is 0 Å². The fourth-order valence-electron chi connectivity index (χ4n) is 2.09. The highest BCUT2D eigenvalue weighted by molar-refractivity contribution is 5.89. The Morgan fingerprint density at radius 2 is 2.04 bits per heavy atom. The average molecular weight is 393 g/mol. The molecule has 1 heterocycles. The maximum absolute atomic E-state index is 14.0. The predicted octanol–water partition coefficient (Wildman–Crippen LogP) is 2.82. The molecular weight excluding hydrogens is 377 g/mol. The van der Waals surface area contributed by atoms with Crippen LogP contribution in [0.4, 0.5) is 15.8 Å². The van der Waals surface area contributed by atoms with Gasteiger partial charge >= 0.3 is 11.7 Å². The summed E-state index contributed by atoms with van der Waals surface area (Å²) < 4.78 is 29.4. The number of rotatable bonds is 7. The van der Waals surface area contributed by atoms with Crippen LogP contribution in [0.3, 0.4) is 0 Å². The number of carbonyl (C=O) groups excluding carboxylic acids is 2. The molecule has 1 N–H and O–H groups in total. The van der Waals surface area contributed by atoms with E-state index in [0.29, 0.717) is 6.07 Å². The number of amides is 1. The number of nitro groups is 1. The zero-order valence-electron chi connectivity index (χ0n) is 15.1. The second kappa shape index (κ2) is 8.75. The second-order valence-electron chi connectivity index (χ2n) is 5.43. The lowest BCUT2D eigenvalue weighted by atomic mass is 10.2. The summed E-state index contributed by atoms with van der Waals surface area (Å²) in [7, 11) is 1.18. The largest absolute Gasteiger partial charge is 0.466 e. The highest BCUT2D eigenvalue weighted by Gasteiger charge is 2.24. The minimum Gasteiger partial charge on any atom is -0.466 e. The van der Waals surface area contributed by atoms with Crippen LogP contribution in [-0.2, 0) is 14.3 Å². The van der Waals surface area contributed by atoms with E-state index in [-0.39, 0.29) is 23.1 Å². The van der Waals surface area contributed by atoms with Crippen molar-refractivity contribution in [1.82, 2.24) is 4.98 Å². The lowest BCUT2D eigenvalue weighted by molar-refractivity contribution is -0.385. The number of methoxy groups -OCH3 is 1. The van der Waals surface area contributed by atoms with Crippen LogP contribution in [0.2, 0.25) is 0 Å². The van der Waals surface area contributed by atoms with E-state index in [9.17, 15) is 24.1 Å². The van der Waals surface area contributed by atoms with Gasteiger partial charge in [0.15, 0.2) is 17.7 Å². The summed E-state index contributed by atoms with van der Waals surface area (Å²) in [5.41, 5.74) is -0.982. The molecule has 0 radical (unpaired) electrons. The number of carbonyl (C=O) groups is 2. The van der Waals surface area contributed by atoms with Gasteiger partial charge in [-0.05, 0) is 19.1 Å². The lowest BCUT2D eigenvalue weighted by Gasteiger charge is -2.15. The molecule has 148 valence electrons. The number of aromatic nitrogens is 1. The van der Waals surface area contributed by atoms with Gasteiger partial charge in [-0.15, -0.1) is 0 Å². The molecule has 0 saturated carbocycles. The number of anilines is 1. The molecule has 1 aromatic carbocycles. The number of halogens is 1. The van der Waals surface area contributed by atoms with Crippen molar-refractivity contribution in [2.75, 3.05) is 12.4 Å². The van der Waals surface area contributed by atoms with E-state index in [0.717, 1.165) is 13.0 Å². The minimum atomic E-state index is -1.03. The quantitative estimate of drug-likeness (QED) is 0.432. The first-order chi connectivity index (χ1) is 13.2. The van der Waals surface area contributed by atoms with Gasteiger partial charge in [-0.25, -0.2) is 14.2 Å². The van der Waals surface area contributed by atoms with E-state index in [1.807, 2.05) is 0 Å². The Morgan fingerprint density at radius 1 is 1.32 bits per heavy atom. The molecule has 0 aliphatic rings. The van der Waals surface area contributed by atoms with E-state index < -0.39 is 34.4 Å². The molecule has 11 heteroatoms. The molecule has 2 aromatic rings. The van der Waals surface area contributed by atoms with E-state index in [1.54, 1.807) is 0 Å². The summed E-state index contributed by atoms with van der Waals surface area (Å²) in [6, 6.07) is 4.44. The molecule has 0 aliphatic heterocycles. The van der Waals surface area contributed by atoms with Crippen LogP contribution >= 0.6 is 0 Å². The fourth-order valence-corrected chi connectivity index (χ4v) is 2.09. The summed E-state index contributed by atoms with van der Waals surface area (Å²) >= 11 is 0. The molecule has 1 atom stereocenters. The zero-order valence-corrected chi connectivity index (χ0v) is 15.1. The Labute approximate surface area is 158 Å². The molecule has 1 aromatic heterocycles. The number of esters is 1. The van der Waals surface area contributed by atoms with Gasteiger partial charge in [0.2, 0.25) is 11.7 Å². The number of nitrogens with zero attached hydrogens (tertiary/aromatic N) is 2. The molecule has 2 rings (SSSR count). The van der Waals surface area contributed by atoms with Gasteiger partial charge in [-0.3, -0.25) is 14.9 Å². The molecular formula is C17H16FN3O7. The van der Waals surface area contributed by atoms with Crippen LogP contribution in [0.15, 0.2) is 30.5 Å². The van der Waals surface area contributed by atoms with Crippen molar-refractivity contribution in [3.63, 3.8) is 0 Å². The van der Waals surface area contributed by atoms with Crippen molar-refractivity contribution < 1.29 is 33.1 Å². The first kappa shape index (κ1) is 20.6. The number of hydrogen-bond acceptors (Lipinski definition) is 8. The average Bonchev–Trinajstić information content (AvgIpc) is 2.64. The van der Waals surface area contributed by atoms with Gasteiger partial charge < -0.3 is 19.5 Å². The van der Waals surface area contributed by atoms with Crippen LogP contribution < -0.4 is 14.8 Å². The Kier molecular flexibility index (Phi) is 6.42. The SMILES string of the molecule is COC(=O)C(C)Oc1ncccc1Oc1cc(NC(C)=O)c(F)cc1[N+](=O)[O-]. The van der Waals surface area contributed by atoms with Gasteiger partial charge in [0, 0.05) is 19.2 Å². The highest BCUT2D eigenvalue weighted by Crippen LogP contribution is 2.38. The van der Waals surface area contributed by atoms with Gasteiger partial charge in [-0.1, -0.05) is 0 Å². The van der Waals surface area contributed by atoms with E-state index in [2.05, 4.69) is 15.0 Å². The molecule has 0 spiro atoms. The monoisotopic (exact) mass is 393 g/mol. The maximum atomic E-state index is 14.0. The number of pyridine rings is 1. The van der Waals surface area contributed by atoms with Gasteiger partial charge in [-0.2, -0.15) is 0 Å². The molecule has 1 amide bonds. The summed E-state index contributed by atoms with van der Waals surface area (Å²) in [5.74, 6) is -2.81. The number of nitro benzene ring substituents is 1. The Morgan fingerprint density at radius 3 is 2.64 bits per heavy atom. The number of nitrogens with one attached hydrogen (secondary N) is 1. The van der Waals surface area contributed by atoms with Crippen molar-refractivity contribution in [3.05, 3.63) is 46.4 Å². The van der Waals surface area contributed by atoms with Gasteiger partial charge in [0.1, 0.15) is 0 Å². The Bertz CT molecular complexity index is 920. The third kappa shape index (κ3) is 4.90. The van der Waals surface area contributed by atoms with E-state index >= 15 is 0 Å². The first-order valence-corrected chi connectivity index (χ1v) is 7.85. The van der Waals surface area contributed by atoms with E-state index in [4.69, 9.17) is 9.47 Å². The third-order valence-corrected chi connectivity index (χ3v) is 3.33. The van der Waals surface area contributed by atoms with Crippen LogP contribution in [0, 0.1) is 15.9 Å². The van der Waals surface area contributed by atoms with Crippen molar-refractivity contribution in [1.29, 1.82) is 0 Å². The summed E-state index contributed by atoms with van der Waals surface area (Å²) in [6.07, 6.45) is 0.328. The number of benzene rings is 1. The topological polar surface area (TPSA) is 130 Å². The smallest absolute Gasteiger partial charge is 0.346 e. The molecule has 10 nitrogen and oxygen atoms in total. The minimum absolute atomic E-state index is 0.0678. The number of hydrogen-bond donors (Lipinski definition) is 1. The molecule has 1 unspecified atom stereocenters. The molecule has 0 bridgehead atoms. The second-order valence-corrected chi connectivity index (χ2v) is 5.43. The molecule has 0 aliphatic carbocycles. The summed E-state index contributed by atoms with van der Waals surface area (Å²) in [6.45, 7) is 2.57. The molecule has 28 heavy (non-hydrogen) atoms. The predicted molar refractivity (Wildman–Crippen MR) is 93.8 cm³/mol. The Balaban J connectivity index is 2.43. The van der Waals surface area contributed by atoms with Crippen LogP contribution in [-0.4, -0.2) is 35.0 Å². The standard InChI is InChI=1S/C17H16FN3O7/c1-9(17(23)26-3)27-16-14(5-4-6-19-16)28-15-8-12(20-10(2)22)11(18)7-13(15)21(24)25/h4-9H,1-3H3,(H,20,22). The van der Waals surface area contributed by atoms with Crippen molar-refractivity contribution in [2.24, 2.45) is 0 Å². The fraction of sp³-hybridized carbons (Fsp3) is 0.235. The summed E-state index contributed by atoms with van der Waals surface area (Å²) in [4.78, 5) is 37.1.